The van der Waals surface area contributed by atoms with E-state index in [1.165, 1.54) is 5.06 Å². The smallest absolute Gasteiger partial charge is 0.0674 e. The van der Waals surface area contributed by atoms with Gasteiger partial charge in [0, 0.05) is 29.1 Å². The summed E-state index contributed by atoms with van der Waals surface area (Å²) in [6, 6.07) is 6.57. The van der Waals surface area contributed by atoms with E-state index in [2.05, 4.69) is 35.9 Å². The van der Waals surface area contributed by atoms with Gasteiger partial charge in [-0.25, -0.2) is 0 Å². The Labute approximate surface area is 142 Å². The molecule has 0 spiro atoms. The van der Waals surface area contributed by atoms with Crippen molar-refractivity contribution in [1.82, 2.24) is 10.4 Å². The van der Waals surface area contributed by atoms with Crippen LogP contribution in [0, 0.1) is 4.91 Å². The maximum Gasteiger partial charge on any atom is 0.0674 e. The first-order chi connectivity index (χ1) is 10.6. The molecule has 0 fully saturated rings. The molecule has 2 rings (SSSR count). The number of nitrogens with zero attached hydrogens (tertiary/aromatic N) is 2. The van der Waals surface area contributed by atoms with Gasteiger partial charge in [-0.1, -0.05) is 32.0 Å². The number of benzene rings is 1. The van der Waals surface area contributed by atoms with Crippen molar-refractivity contribution >= 4 is 11.9 Å². The third-order valence-corrected chi connectivity index (χ3v) is 5.45. The molecule has 128 valence electrons. The summed E-state index contributed by atoms with van der Waals surface area (Å²) in [6.45, 7) is 12.9. The molecule has 0 aromatic heterocycles. The molecule has 1 aliphatic rings. The van der Waals surface area contributed by atoms with E-state index in [1.807, 2.05) is 33.8 Å². The summed E-state index contributed by atoms with van der Waals surface area (Å²) in [6.07, 6.45) is 0. The Bertz CT molecular complexity index is 587. The van der Waals surface area contributed by atoms with Crippen LogP contribution in [0.2, 0.25) is 0 Å². The Morgan fingerprint density at radius 2 is 1.83 bits per heavy atom. The van der Waals surface area contributed by atoms with Gasteiger partial charge in [-0.05, 0) is 44.4 Å². The highest BCUT2D eigenvalue weighted by molar-refractivity contribution is 7.98. The zero-order chi connectivity index (χ0) is 17.4. The van der Waals surface area contributed by atoms with Gasteiger partial charge < -0.3 is 10.5 Å². The third kappa shape index (κ3) is 3.31. The lowest BCUT2D eigenvalue weighted by molar-refractivity contribution is -0.216. The molecular weight excluding hydrogens is 310 g/mol. The zero-order valence-electron chi connectivity index (χ0n) is 14.8. The van der Waals surface area contributed by atoms with Crippen LogP contribution in [0.5, 0.6) is 0 Å². The SMILES string of the molecule is CC(C)NCC(SN=O)c1ccc2c(c1)C(C)(C)N(O)C2(C)C. The van der Waals surface area contributed by atoms with Crippen LogP contribution in [0.4, 0.5) is 0 Å². The van der Waals surface area contributed by atoms with E-state index < -0.39 is 11.1 Å². The lowest BCUT2D eigenvalue weighted by Crippen LogP contribution is -2.42. The van der Waals surface area contributed by atoms with Gasteiger partial charge in [-0.15, -0.1) is 4.91 Å². The molecule has 1 aliphatic heterocycles. The quantitative estimate of drug-likeness (QED) is 0.598. The Morgan fingerprint density at radius 1 is 1.22 bits per heavy atom. The number of hydrogen-bond acceptors (Lipinski definition) is 6. The Kier molecular flexibility index (Phi) is 5.21. The van der Waals surface area contributed by atoms with E-state index in [1.54, 1.807) is 0 Å². The van der Waals surface area contributed by atoms with Gasteiger partial charge in [0.1, 0.15) is 0 Å². The van der Waals surface area contributed by atoms with Crippen LogP contribution >= 0.6 is 11.9 Å². The fraction of sp³-hybridized carbons (Fsp3) is 0.647. The molecule has 5 nitrogen and oxygen atoms in total. The molecule has 1 unspecified atom stereocenters. The van der Waals surface area contributed by atoms with E-state index >= 15 is 0 Å². The molecule has 1 aromatic carbocycles. The molecule has 1 heterocycles. The minimum atomic E-state index is -0.468. The second-order valence-electron chi connectivity index (χ2n) is 7.47. The lowest BCUT2D eigenvalue weighted by Gasteiger charge is -2.34. The van der Waals surface area contributed by atoms with Gasteiger partial charge in [0.2, 0.25) is 0 Å². The second-order valence-corrected chi connectivity index (χ2v) is 8.40. The highest BCUT2D eigenvalue weighted by Crippen LogP contribution is 2.49. The molecule has 6 heteroatoms. The van der Waals surface area contributed by atoms with Crippen LogP contribution in [0.25, 0.3) is 0 Å². The van der Waals surface area contributed by atoms with Crippen molar-refractivity contribution in [2.45, 2.75) is 63.9 Å². The van der Waals surface area contributed by atoms with E-state index in [9.17, 15) is 10.1 Å². The molecule has 1 atom stereocenters. The average molecular weight is 337 g/mol. The van der Waals surface area contributed by atoms with Gasteiger partial charge >= 0.3 is 0 Å². The molecule has 1 aromatic rings. The minimum absolute atomic E-state index is 0.0353. The highest BCUT2D eigenvalue weighted by Gasteiger charge is 2.48. The van der Waals surface area contributed by atoms with Crippen molar-refractivity contribution in [3.8, 4) is 0 Å². The van der Waals surface area contributed by atoms with E-state index in [4.69, 9.17) is 0 Å². The molecule has 0 amide bonds. The van der Waals surface area contributed by atoms with Crippen LogP contribution in [0.15, 0.2) is 22.8 Å². The summed E-state index contributed by atoms with van der Waals surface area (Å²) in [7, 11) is 0. The predicted octanol–water partition coefficient (Wildman–Crippen LogP) is 4.32. The number of nitrogens with one attached hydrogen (secondary N) is 1. The standard InChI is InChI=1S/C17H27N3O2S/c1-11(2)18-10-15(23-19-21)12-7-8-13-14(9-12)17(5,6)20(22)16(13,3)4/h7-9,11,15,18,22H,10H2,1-6H3. The van der Waals surface area contributed by atoms with Crippen molar-refractivity contribution < 1.29 is 5.21 Å². The largest absolute Gasteiger partial charge is 0.313 e. The maximum absolute atomic E-state index is 10.8. The van der Waals surface area contributed by atoms with Gasteiger partial charge in [0.25, 0.3) is 0 Å². The van der Waals surface area contributed by atoms with Crippen molar-refractivity contribution in [2.24, 2.45) is 4.58 Å². The molecule has 0 saturated carbocycles. The molecule has 2 N–H and O–H groups in total. The Balaban J connectivity index is 2.40. The summed E-state index contributed by atoms with van der Waals surface area (Å²) in [4.78, 5) is 10.8. The predicted molar refractivity (Wildman–Crippen MR) is 95.4 cm³/mol. The lowest BCUT2D eigenvalue weighted by atomic mass is 9.88. The van der Waals surface area contributed by atoms with Crippen molar-refractivity contribution in [1.29, 1.82) is 0 Å². The monoisotopic (exact) mass is 337 g/mol. The second kappa shape index (κ2) is 6.51. The Hall–Kier alpha value is -0.950. The van der Waals surface area contributed by atoms with E-state index in [-0.39, 0.29) is 5.25 Å². The summed E-state index contributed by atoms with van der Waals surface area (Å²) in [5.74, 6) is 0. The molecule has 0 aliphatic carbocycles. The molecule has 0 bridgehead atoms. The van der Waals surface area contributed by atoms with Gasteiger partial charge in [0.05, 0.1) is 16.3 Å². The van der Waals surface area contributed by atoms with Gasteiger partial charge in [0.15, 0.2) is 0 Å². The summed E-state index contributed by atoms with van der Waals surface area (Å²) >= 11 is 1.05. The fourth-order valence-corrected chi connectivity index (χ4v) is 3.88. The molecule has 0 radical (unpaired) electrons. The fourth-order valence-electron chi connectivity index (χ4n) is 3.34. The molecular formula is C17H27N3O2S. The normalized spacial score (nSPS) is 20.5. The van der Waals surface area contributed by atoms with Crippen molar-refractivity contribution in [3.63, 3.8) is 0 Å². The van der Waals surface area contributed by atoms with Crippen molar-refractivity contribution in [3.05, 3.63) is 39.8 Å². The number of nitroso groups, excluding NO2 is 1. The van der Waals surface area contributed by atoms with Crippen molar-refractivity contribution in [2.75, 3.05) is 6.54 Å². The van der Waals surface area contributed by atoms with Crippen LogP contribution in [0.3, 0.4) is 0 Å². The third-order valence-electron chi connectivity index (χ3n) is 4.67. The summed E-state index contributed by atoms with van der Waals surface area (Å²) in [5, 5.41) is 15.3. The minimum Gasteiger partial charge on any atom is -0.313 e. The number of rotatable bonds is 6. The van der Waals surface area contributed by atoms with E-state index in [0.717, 1.165) is 28.6 Å². The van der Waals surface area contributed by atoms with Crippen LogP contribution in [-0.4, -0.2) is 22.9 Å². The molecule has 0 saturated heterocycles. The van der Waals surface area contributed by atoms with E-state index in [0.29, 0.717) is 12.6 Å². The average Bonchev–Trinajstić information content (AvgIpc) is 2.61. The summed E-state index contributed by atoms with van der Waals surface area (Å²) < 4.78 is 3.03. The maximum atomic E-state index is 10.8. The van der Waals surface area contributed by atoms with Crippen LogP contribution in [0.1, 0.15) is 63.5 Å². The molecule has 23 heavy (non-hydrogen) atoms. The first-order valence-electron chi connectivity index (χ1n) is 7.98. The first kappa shape index (κ1) is 18.4. The first-order valence-corrected chi connectivity index (χ1v) is 8.82. The highest BCUT2D eigenvalue weighted by atomic mass is 32.2. The number of hydroxylamine groups is 2. The Morgan fingerprint density at radius 3 is 2.39 bits per heavy atom. The van der Waals surface area contributed by atoms with Crippen LogP contribution < -0.4 is 5.32 Å². The van der Waals surface area contributed by atoms with Gasteiger partial charge in [-0.2, -0.15) is 5.06 Å². The van der Waals surface area contributed by atoms with Crippen LogP contribution in [-0.2, 0) is 11.1 Å². The number of fused-ring (bicyclic) bond motifs is 1. The van der Waals surface area contributed by atoms with Gasteiger partial charge in [-0.3, -0.25) is 0 Å². The topological polar surface area (TPSA) is 64.9 Å². The zero-order valence-corrected chi connectivity index (χ0v) is 15.6. The summed E-state index contributed by atoms with van der Waals surface area (Å²) in [5.41, 5.74) is 2.38. The number of hydrogen-bond donors (Lipinski definition) is 2.